The summed E-state index contributed by atoms with van der Waals surface area (Å²) in [6.07, 6.45) is 0.706. The third-order valence-electron chi connectivity index (χ3n) is 2.85. The van der Waals surface area contributed by atoms with E-state index in [0.717, 1.165) is 11.1 Å². The van der Waals surface area contributed by atoms with Crippen LogP contribution in [0.3, 0.4) is 0 Å². The zero-order valence-electron chi connectivity index (χ0n) is 12.2. The van der Waals surface area contributed by atoms with E-state index in [0.29, 0.717) is 30.4 Å². The minimum Gasteiger partial charge on any atom is -0.310 e. The van der Waals surface area contributed by atoms with Crippen molar-refractivity contribution in [3.05, 3.63) is 29.3 Å². The van der Waals surface area contributed by atoms with E-state index in [1.165, 1.54) is 0 Å². The van der Waals surface area contributed by atoms with Gasteiger partial charge in [-0.2, -0.15) is 0 Å². The first-order valence-electron chi connectivity index (χ1n) is 6.75. The van der Waals surface area contributed by atoms with Gasteiger partial charge in [-0.05, 0) is 23.6 Å². The second kappa shape index (κ2) is 7.03. The fraction of sp³-hybridized carbons (Fsp3) is 0.571. The Bertz CT molecular complexity index is 510. The summed E-state index contributed by atoms with van der Waals surface area (Å²) < 4.78 is 26.9. The highest BCUT2D eigenvalue weighted by atomic mass is 32.2. The summed E-state index contributed by atoms with van der Waals surface area (Å²) in [7, 11) is -3.39. The summed E-state index contributed by atoms with van der Waals surface area (Å²) >= 11 is 0. The molecule has 0 spiro atoms. The number of hydrogen-bond acceptors (Lipinski definition) is 3. The Morgan fingerprint density at radius 2 is 1.89 bits per heavy atom. The van der Waals surface area contributed by atoms with Gasteiger partial charge in [-0.3, -0.25) is 0 Å². The molecule has 19 heavy (non-hydrogen) atoms. The molecule has 5 heteroatoms. The molecule has 2 N–H and O–H groups in total. The smallest absolute Gasteiger partial charge is 0.240 e. The van der Waals surface area contributed by atoms with Crippen LogP contribution in [0.5, 0.6) is 0 Å². The lowest BCUT2D eigenvalue weighted by Gasteiger charge is -2.13. The van der Waals surface area contributed by atoms with Gasteiger partial charge in [-0.25, -0.2) is 13.1 Å². The van der Waals surface area contributed by atoms with E-state index in [4.69, 9.17) is 0 Å². The molecular formula is C14H24N2O2S. The molecule has 1 aromatic rings. The largest absolute Gasteiger partial charge is 0.310 e. The predicted octanol–water partition coefficient (Wildman–Crippen LogP) is 2.05. The quantitative estimate of drug-likeness (QED) is 0.805. The van der Waals surface area contributed by atoms with Crippen molar-refractivity contribution in [2.45, 2.75) is 51.6 Å². The second-order valence-corrected chi connectivity index (χ2v) is 6.57. The van der Waals surface area contributed by atoms with Crippen LogP contribution in [0.15, 0.2) is 23.1 Å². The van der Waals surface area contributed by atoms with E-state index in [1.807, 2.05) is 19.1 Å². The highest BCUT2D eigenvalue weighted by Crippen LogP contribution is 2.18. The Kier molecular flexibility index (Phi) is 5.97. The standard InChI is InChI=1S/C14H24N2O2S/c1-5-13-8-7-12(10-15-11(3)4)9-14(13)19(17,18)16-6-2/h7-9,11,15-16H,5-6,10H2,1-4H3. The molecule has 1 aromatic carbocycles. The first kappa shape index (κ1) is 16.1. The molecule has 0 aliphatic heterocycles. The van der Waals surface area contributed by atoms with Gasteiger partial charge in [0, 0.05) is 19.1 Å². The number of aryl methyl sites for hydroxylation is 1. The van der Waals surface area contributed by atoms with Crippen LogP contribution < -0.4 is 10.0 Å². The zero-order chi connectivity index (χ0) is 14.5. The number of sulfonamides is 1. The molecule has 0 bridgehead atoms. The molecular weight excluding hydrogens is 260 g/mol. The molecule has 0 unspecified atom stereocenters. The molecule has 0 fully saturated rings. The predicted molar refractivity (Wildman–Crippen MR) is 78.7 cm³/mol. The highest BCUT2D eigenvalue weighted by molar-refractivity contribution is 7.89. The Morgan fingerprint density at radius 1 is 1.21 bits per heavy atom. The lowest BCUT2D eigenvalue weighted by Crippen LogP contribution is -2.25. The Morgan fingerprint density at radius 3 is 2.42 bits per heavy atom. The van der Waals surface area contributed by atoms with E-state index in [9.17, 15) is 8.42 Å². The van der Waals surface area contributed by atoms with E-state index < -0.39 is 10.0 Å². The molecule has 0 atom stereocenters. The SMILES string of the molecule is CCNS(=O)(=O)c1cc(CNC(C)C)ccc1CC. The van der Waals surface area contributed by atoms with Gasteiger partial charge in [0.1, 0.15) is 0 Å². The van der Waals surface area contributed by atoms with Crippen LogP contribution in [0, 0.1) is 0 Å². The molecule has 0 aromatic heterocycles. The van der Waals surface area contributed by atoms with Crippen LogP contribution in [0.25, 0.3) is 0 Å². The topological polar surface area (TPSA) is 58.2 Å². The van der Waals surface area contributed by atoms with Gasteiger partial charge < -0.3 is 5.32 Å². The molecule has 0 aliphatic carbocycles. The zero-order valence-corrected chi connectivity index (χ0v) is 13.0. The Balaban J connectivity index is 3.09. The van der Waals surface area contributed by atoms with Crippen molar-refractivity contribution in [3.8, 4) is 0 Å². The minimum absolute atomic E-state index is 0.375. The number of hydrogen-bond donors (Lipinski definition) is 2. The molecule has 0 heterocycles. The van der Waals surface area contributed by atoms with Gasteiger partial charge >= 0.3 is 0 Å². The van der Waals surface area contributed by atoms with E-state index in [2.05, 4.69) is 23.9 Å². The monoisotopic (exact) mass is 284 g/mol. The lowest BCUT2D eigenvalue weighted by atomic mass is 10.1. The van der Waals surface area contributed by atoms with Gasteiger partial charge in [0.15, 0.2) is 0 Å². The van der Waals surface area contributed by atoms with Gasteiger partial charge in [-0.15, -0.1) is 0 Å². The van der Waals surface area contributed by atoms with Gasteiger partial charge in [0.05, 0.1) is 4.90 Å². The third kappa shape index (κ3) is 4.60. The van der Waals surface area contributed by atoms with Crippen molar-refractivity contribution in [3.63, 3.8) is 0 Å². The Labute approximate surface area is 116 Å². The van der Waals surface area contributed by atoms with Crippen molar-refractivity contribution >= 4 is 10.0 Å². The van der Waals surface area contributed by atoms with Crippen LogP contribution in [-0.4, -0.2) is 21.0 Å². The molecule has 108 valence electrons. The Hall–Kier alpha value is -0.910. The summed E-state index contributed by atoms with van der Waals surface area (Å²) in [5, 5.41) is 3.29. The van der Waals surface area contributed by atoms with Gasteiger partial charge in [0.2, 0.25) is 10.0 Å². The summed E-state index contributed by atoms with van der Waals surface area (Å²) in [6.45, 7) is 8.96. The number of rotatable bonds is 7. The molecule has 0 radical (unpaired) electrons. The van der Waals surface area contributed by atoms with Crippen LogP contribution in [0.2, 0.25) is 0 Å². The summed E-state index contributed by atoms with van der Waals surface area (Å²) in [5.74, 6) is 0. The number of nitrogens with one attached hydrogen (secondary N) is 2. The first-order valence-corrected chi connectivity index (χ1v) is 8.23. The van der Waals surface area contributed by atoms with Crippen LogP contribution in [0.1, 0.15) is 38.8 Å². The van der Waals surface area contributed by atoms with Crippen molar-refractivity contribution in [1.29, 1.82) is 0 Å². The van der Waals surface area contributed by atoms with Crippen LogP contribution in [-0.2, 0) is 23.0 Å². The highest BCUT2D eigenvalue weighted by Gasteiger charge is 2.17. The summed E-state index contributed by atoms with van der Waals surface area (Å²) in [4.78, 5) is 0.403. The van der Waals surface area contributed by atoms with E-state index >= 15 is 0 Å². The molecule has 0 amide bonds. The van der Waals surface area contributed by atoms with Gasteiger partial charge in [-0.1, -0.05) is 39.8 Å². The van der Waals surface area contributed by atoms with Gasteiger partial charge in [0.25, 0.3) is 0 Å². The normalized spacial score (nSPS) is 12.1. The average Bonchev–Trinajstić information content (AvgIpc) is 2.36. The molecule has 0 saturated carbocycles. The molecule has 0 saturated heterocycles. The van der Waals surface area contributed by atoms with E-state index in [1.54, 1.807) is 13.0 Å². The maximum absolute atomic E-state index is 12.2. The number of benzene rings is 1. The lowest BCUT2D eigenvalue weighted by molar-refractivity contribution is 0.579. The molecule has 0 aliphatic rings. The third-order valence-corrected chi connectivity index (χ3v) is 4.48. The van der Waals surface area contributed by atoms with E-state index in [-0.39, 0.29) is 0 Å². The average molecular weight is 284 g/mol. The second-order valence-electron chi connectivity index (χ2n) is 4.83. The molecule has 4 nitrogen and oxygen atoms in total. The summed E-state index contributed by atoms with van der Waals surface area (Å²) in [6, 6.07) is 6.03. The van der Waals surface area contributed by atoms with Crippen LogP contribution in [0.4, 0.5) is 0 Å². The van der Waals surface area contributed by atoms with Crippen molar-refractivity contribution in [2.75, 3.05) is 6.54 Å². The maximum atomic E-state index is 12.2. The first-order chi connectivity index (χ1) is 8.90. The van der Waals surface area contributed by atoms with Crippen molar-refractivity contribution < 1.29 is 8.42 Å². The van der Waals surface area contributed by atoms with Crippen molar-refractivity contribution in [1.82, 2.24) is 10.0 Å². The van der Waals surface area contributed by atoms with Crippen molar-refractivity contribution in [2.24, 2.45) is 0 Å². The maximum Gasteiger partial charge on any atom is 0.240 e. The fourth-order valence-electron chi connectivity index (χ4n) is 1.84. The van der Waals surface area contributed by atoms with Crippen LogP contribution >= 0.6 is 0 Å². The summed E-state index contributed by atoms with van der Waals surface area (Å²) in [5.41, 5.74) is 1.84. The minimum atomic E-state index is -3.39. The fourth-order valence-corrected chi connectivity index (χ4v) is 3.24. The molecule has 1 rings (SSSR count).